The van der Waals surface area contributed by atoms with Crippen LogP contribution in [0.1, 0.15) is 104 Å². The van der Waals surface area contributed by atoms with Gasteiger partial charge in [0.15, 0.2) is 0 Å². The molecule has 2 fully saturated rings. The zero-order chi connectivity index (χ0) is 28.2. The van der Waals surface area contributed by atoms with Gasteiger partial charge in [-0.1, -0.05) is 66.2 Å². The molecule has 4 heteroatoms. The van der Waals surface area contributed by atoms with Crippen molar-refractivity contribution in [2.24, 2.45) is 22.7 Å². The van der Waals surface area contributed by atoms with E-state index >= 15 is 0 Å². The van der Waals surface area contributed by atoms with Crippen LogP contribution in [0.4, 0.5) is 0 Å². The zero-order valence-electron chi connectivity index (χ0n) is 25.4. The summed E-state index contributed by atoms with van der Waals surface area (Å²) < 4.78 is 0. The van der Waals surface area contributed by atoms with Gasteiger partial charge in [-0.15, -0.1) is 35.9 Å². The number of pyridine rings is 1. The average Bonchev–Trinajstić information content (AvgIpc) is 3.18. The second kappa shape index (κ2) is 14.1. The minimum Gasteiger partial charge on any atom is -0.392 e. The molecule has 0 amide bonds. The Balaban J connectivity index is 0.000000215. The molecule has 2 aromatic carbocycles. The van der Waals surface area contributed by atoms with E-state index in [-0.39, 0.29) is 49.1 Å². The summed E-state index contributed by atoms with van der Waals surface area (Å²) in [7, 11) is 0. The second-order valence-corrected chi connectivity index (χ2v) is 12.5. The van der Waals surface area contributed by atoms with E-state index in [9.17, 15) is 10.2 Å². The number of hydrogen-bond acceptors (Lipinski definition) is 3. The van der Waals surface area contributed by atoms with Crippen LogP contribution in [0, 0.1) is 28.7 Å². The molecular weight excluding hydrogens is 671 g/mol. The normalized spacial score (nSPS) is 24.9. The second-order valence-electron chi connectivity index (χ2n) is 12.5. The maximum absolute atomic E-state index is 11.1. The molecule has 5 rings (SSSR count). The van der Waals surface area contributed by atoms with E-state index in [2.05, 4.69) is 82.9 Å². The summed E-state index contributed by atoms with van der Waals surface area (Å²) in [4.78, 5) is 4.52. The van der Waals surface area contributed by atoms with Crippen molar-refractivity contribution in [1.29, 1.82) is 0 Å². The van der Waals surface area contributed by atoms with Gasteiger partial charge in [0.1, 0.15) is 0 Å². The Hall–Kier alpha value is -1.58. The van der Waals surface area contributed by atoms with Gasteiger partial charge in [0, 0.05) is 32.2 Å². The summed E-state index contributed by atoms with van der Waals surface area (Å²) in [5.41, 5.74) is 3.51. The van der Waals surface area contributed by atoms with Crippen molar-refractivity contribution in [2.75, 3.05) is 0 Å². The largest absolute Gasteiger partial charge is 0.392 e. The molecule has 1 radical (unpaired) electrons. The average molecular weight is 721 g/mol. The Labute approximate surface area is 256 Å². The van der Waals surface area contributed by atoms with Crippen molar-refractivity contribution < 1.29 is 30.3 Å². The van der Waals surface area contributed by atoms with E-state index in [1.165, 1.54) is 29.2 Å². The van der Waals surface area contributed by atoms with Crippen LogP contribution in [0.15, 0.2) is 54.7 Å². The summed E-state index contributed by atoms with van der Waals surface area (Å²) >= 11 is 0. The monoisotopic (exact) mass is 721 g/mol. The van der Waals surface area contributed by atoms with Crippen molar-refractivity contribution in [1.82, 2.24) is 4.98 Å². The fourth-order valence-electron chi connectivity index (χ4n) is 7.73. The van der Waals surface area contributed by atoms with Gasteiger partial charge in [-0.3, -0.25) is 0 Å². The molecule has 2 aliphatic rings. The van der Waals surface area contributed by atoms with Crippen molar-refractivity contribution >= 4 is 10.8 Å². The fraction of sp³-hybridized carbons (Fsp3) is 0.583. The van der Waals surface area contributed by atoms with Crippen molar-refractivity contribution in [2.45, 2.75) is 111 Å². The topological polar surface area (TPSA) is 53.4 Å². The third-order valence-corrected chi connectivity index (χ3v) is 10.7. The predicted octanol–water partition coefficient (Wildman–Crippen LogP) is 8.96. The minimum atomic E-state index is -0.319. The first kappa shape index (κ1) is 32.9. The van der Waals surface area contributed by atoms with Crippen LogP contribution >= 0.6 is 0 Å². The molecule has 4 unspecified atom stereocenters. The van der Waals surface area contributed by atoms with Crippen LogP contribution in [0.25, 0.3) is 22.0 Å². The van der Waals surface area contributed by atoms with Crippen molar-refractivity contribution in [3.05, 3.63) is 66.4 Å². The smallest absolute Gasteiger partial charge is 0.0651 e. The SMILES string of the molecule is CC(C)c1ccc2c(-c3[c-]cccc3)nccc2c1.CCC1(CC)CCCC2CC(CC)(CC)C(O)C2C1O.[Ir]. The molecule has 3 nitrogen and oxygen atoms in total. The van der Waals surface area contributed by atoms with Crippen LogP contribution < -0.4 is 0 Å². The van der Waals surface area contributed by atoms with Gasteiger partial charge in [0.05, 0.1) is 12.2 Å². The van der Waals surface area contributed by atoms with Crippen LogP contribution in [-0.2, 0) is 20.1 Å². The molecule has 221 valence electrons. The van der Waals surface area contributed by atoms with Crippen molar-refractivity contribution in [3.63, 3.8) is 0 Å². The molecule has 2 aliphatic carbocycles. The van der Waals surface area contributed by atoms with Gasteiger partial charge in [0.2, 0.25) is 0 Å². The number of aliphatic hydroxyl groups is 2. The maximum Gasteiger partial charge on any atom is 0.0651 e. The van der Waals surface area contributed by atoms with E-state index in [0.717, 1.165) is 49.8 Å². The molecule has 40 heavy (non-hydrogen) atoms. The molecular formula is C36H50IrNO2-. The van der Waals surface area contributed by atoms with Crippen LogP contribution in [0.5, 0.6) is 0 Å². The number of rotatable bonds is 6. The molecule has 3 aromatic rings. The van der Waals surface area contributed by atoms with Gasteiger partial charge >= 0.3 is 0 Å². The summed E-state index contributed by atoms with van der Waals surface area (Å²) in [6.07, 6.45) is 10.1. The number of aliphatic hydroxyl groups excluding tert-OH is 2. The number of nitrogens with zero attached hydrogens (tertiary/aromatic N) is 1. The van der Waals surface area contributed by atoms with E-state index in [1.54, 1.807) is 0 Å². The Morgan fingerprint density at radius 3 is 2.20 bits per heavy atom. The fourth-order valence-corrected chi connectivity index (χ4v) is 7.73. The summed E-state index contributed by atoms with van der Waals surface area (Å²) in [6, 6.07) is 19.9. The number of benzene rings is 2. The molecule has 4 atom stereocenters. The van der Waals surface area contributed by atoms with Crippen LogP contribution in [-0.4, -0.2) is 27.4 Å². The van der Waals surface area contributed by atoms with E-state index in [0.29, 0.717) is 11.8 Å². The molecule has 0 bridgehead atoms. The van der Waals surface area contributed by atoms with Gasteiger partial charge < -0.3 is 15.2 Å². The molecule has 1 aromatic heterocycles. The molecule has 0 saturated heterocycles. The van der Waals surface area contributed by atoms with Gasteiger partial charge in [-0.05, 0) is 95.7 Å². The Bertz CT molecular complexity index is 1200. The molecule has 1 heterocycles. The zero-order valence-corrected chi connectivity index (χ0v) is 27.8. The Kier molecular flexibility index (Phi) is 11.6. The summed E-state index contributed by atoms with van der Waals surface area (Å²) in [6.45, 7) is 13.3. The van der Waals surface area contributed by atoms with Gasteiger partial charge in [-0.25, -0.2) is 0 Å². The first-order chi connectivity index (χ1) is 18.8. The van der Waals surface area contributed by atoms with Gasteiger partial charge in [-0.2, -0.15) is 0 Å². The number of fused-ring (bicyclic) bond motifs is 2. The number of hydrogen-bond donors (Lipinski definition) is 2. The van der Waals surface area contributed by atoms with Crippen LogP contribution in [0.2, 0.25) is 0 Å². The minimum absolute atomic E-state index is 0. The Morgan fingerprint density at radius 1 is 0.925 bits per heavy atom. The van der Waals surface area contributed by atoms with Gasteiger partial charge in [0.25, 0.3) is 0 Å². The first-order valence-corrected chi connectivity index (χ1v) is 15.5. The molecule has 2 N–H and O–H groups in total. The van der Waals surface area contributed by atoms with E-state index in [4.69, 9.17) is 0 Å². The molecule has 0 spiro atoms. The molecule has 2 saturated carbocycles. The van der Waals surface area contributed by atoms with Crippen LogP contribution in [0.3, 0.4) is 0 Å². The van der Waals surface area contributed by atoms with E-state index < -0.39 is 0 Å². The third kappa shape index (κ3) is 6.26. The quantitative estimate of drug-likeness (QED) is 0.250. The molecule has 0 aliphatic heterocycles. The summed E-state index contributed by atoms with van der Waals surface area (Å²) in [5, 5.41) is 24.5. The maximum atomic E-state index is 11.1. The Morgan fingerprint density at radius 2 is 1.60 bits per heavy atom. The van der Waals surface area contributed by atoms with E-state index in [1.807, 2.05) is 24.4 Å². The third-order valence-electron chi connectivity index (χ3n) is 10.7. The number of aromatic nitrogens is 1. The standard InChI is InChI=1S/C18H16N.C18H34O2.Ir/c1-13(2)15-8-9-17-16(12-15)10-11-19-18(17)14-6-4-3-5-7-14;1-5-17(6-2)11-9-10-13-12-18(7-3,8-4)16(20)14(13)15(17)19;/h3-6,8-13H,1-2H3;13-16,19-20H,5-12H2,1-4H3;/q-1;;. The first-order valence-electron chi connectivity index (χ1n) is 15.5. The predicted molar refractivity (Wildman–Crippen MR) is 164 cm³/mol. The van der Waals surface area contributed by atoms with Crippen molar-refractivity contribution in [3.8, 4) is 11.3 Å². The summed E-state index contributed by atoms with van der Waals surface area (Å²) in [5.74, 6) is 1.18.